The second kappa shape index (κ2) is 12.4. The van der Waals surface area contributed by atoms with Crippen LogP contribution in [0.4, 0.5) is 0 Å². The van der Waals surface area contributed by atoms with E-state index in [1.54, 1.807) is 0 Å². The van der Waals surface area contributed by atoms with Crippen molar-refractivity contribution in [1.82, 2.24) is 0 Å². The fourth-order valence-electron chi connectivity index (χ4n) is 5.32. The summed E-state index contributed by atoms with van der Waals surface area (Å²) in [6, 6.07) is 21.9. The highest BCUT2D eigenvalue weighted by atomic mass is 16.5. The minimum Gasteiger partial charge on any atom is -0.463 e. The van der Waals surface area contributed by atoms with Crippen LogP contribution in [0.5, 0.6) is 0 Å². The zero-order valence-corrected chi connectivity index (χ0v) is 23.3. The molecule has 0 unspecified atom stereocenters. The summed E-state index contributed by atoms with van der Waals surface area (Å²) in [4.78, 5) is 10.5. The molecule has 0 saturated carbocycles. The van der Waals surface area contributed by atoms with E-state index in [9.17, 15) is 9.90 Å². The Morgan fingerprint density at radius 2 is 1.38 bits per heavy atom. The van der Waals surface area contributed by atoms with Gasteiger partial charge in [0.2, 0.25) is 0 Å². The molecule has 0 amide bonds. The lowest BCUT2D eigenvalue weighted by atomic mass is 9.69. The molecule has 0 atom stereocenters. The van der Waals surface area contributed by atoms with Crippen LogP contribution in [0.2, 0.25) is 0 Å². The molecule has 1 N–H and O–H groups in total. The minimum absolute atomic E-state index is 0.0695. The number of carbonyl (C=O) groups excluding carboxylic acids is 1. The van der Waals surface area contributed by atoms with Gasteiger partial charge in [0.25, 0.3) is 6.47 Å². The van der Waals surface area contributed by atoms with E-state index >= 15 is 0 Å². The first-order valence-corrected chi connectivity index (χ1v) is 13.5. The lowest BCUT2D eigenvalue weighted by Crippen LogP contribution is -2.26. The van der Waals surface area contributed by atoms with Gasteiger partial charge in [-0.25, -0.2) is 0 Å². The van der Waals surface area contributed by atoms with Crippen LogP contribution in [0, 0.1) is 13.8 Å². The van der Waals surface area contributed by atoms with Gasteiger partial charge in [0.15, 0.2) is 0 Å². The summed E-state index contributed by atoms with van der Waals surface area (Å²) in [5, 5.41) is 10.7. The third-order valence-corrected chi connectivity index (χ3v) is 8.19. The summed E-state index contributed by atoms with van der Waals surface area (Å²) in [6.07, 6.45) is 7.45. The highest BCUT2D eigenvalue weighted by molar-refractivity contribution is 5.68. The number of hydrogen-bond acceptors (Lipinski definition) is 3. The Hall–Kier alpha value is -3.17. The monoisotopic (exact) mass is 498 g/mol. The van der Waals surface area contributed by atoms with Crippen LogP contribution in [0.15, 0.2) is 66.7 Å². The van der Waals surface area contributed by atoms with Crippen molar-refractivity contribution in [3.05, 3.63) is 100 Å². The number of benzene rings is 3. The summed E-state index contributed by atoms with van der Waals surface area (Å²) >= 11 is 0. The molecule has 3 heteroatoms. The molecule has 3 aromatic rings. The van der Waals surface area contributed by atoms with Crippen molar-refractivity contribution < 1.29 is 14.6 Å². The van der Waals surface area contributed by atoms with Crippen LogP contribution in [0.3, 0.4) is 0 Å². The zero-order chi connectivity index (χ0) is 27.1. The molecule has 3 aromatic carbocycles. The molecule has 0 aliphatic heterocycles. The van der Waals surface area contributed by atoms with Gasteiger partial charge in [-0.05, 0) is 84.0 Å². The van der Waals surface area contributed by atoms with Crippen LogP contribution in [-0.4, -0.2) is 17.2 Å². The number of carbonyl (C=O) groups is 1. The molecule has 0 aliphatic carbocycles. The number of ether oxygens (including phenoxy) is 1. The minimum atomic E-state index is -0.745. The van der Waals surface area contributed by atoms with Crippen molar-refractivity contribution in [1.29, 1.82) is 0 Å². The van der Waals surface area contributed by atoms with Gasteiger partial charge in [-0.1, -0.05) is 101 Å². The van der Waals surface area contributed by atoms with Crippen molar-refractivity contribution in [2.75, 3.05) is 0 Å². The van der Waals surface area contributed by atoms with E-state index in [2.05, 4.69) is 82.3 Å². The van der Waals surface area contributed by atoms with Crippen molar-refractivity contribution in [2.45, 2.75) is 84.8 Å². The first kappa shape index (κ1) is 28.4. The van der Waals surface area contributed by atoms with Crippen LogP contribution in [-0.2, 0) is 21.6 Å². The molecule has 0 fully saturated rings. The smallest absolute Gasteiger partial charge is 0.293 e. The molecule has 0 bridgehead atoms. The molecule has 3 nitrogen and oxygen atoms in total. The standard InChI is InChI=1S/C34H42O3/c1-7-33(36,8-2)20-19-28-15-16-30(21-25(28)5)34(9-3,10-4)31-17-18-32(26(6)22-31)29-13-11-27(12-14-29)23-37-24-35/h11-22,24,36H,7-10,23H2,1-6H3. The molecular formula is C34H42O3. The molecule has 196 valence electrons. The van der Waals surface area contributed by atoms with Crippen molar-refractivity contribution >= 4 is 12.5 Å². The summed E-state index contributed by atoms with van der Waals surface area (Å²) in [7, 11) is 0. The van der Waals surface area contributed by atoms with Gasteiger partial charge in [-0.2, -0.15) is 0 Å². The van der Waals surface area contributed by atoms with E-state index in [-0.39, 0.29) is 5.41 Å². The summed E-state index contributed by atoms with van der Waals surface area (Å²) in [6.45, 7) is 13.7. The van der Waals surface area contributed by atoms with Gasteiger partial charge < -0.3 is 9.84 Å². The molecule has 0 spiro atoms. The van der Waals surface area contributed by atoms with Crippen LogP contribution in [0.1, 0.15) is 86.8 Å². The number of aryl methyl sites for hydroxylation is 2. The normalized spacial score (nSPS) is 12.2. The van der Waals surface area contributed by atoms with E-state index < -0.39 is 5.60 Å². The Labute approximate surface area is 223 Å². The number of hydrogen-bond donors (Lipinski definition) is 1. The number of aliphatic hydroxyl groups is 1. The largest absolute Gasteiger partial charge is 0.463 e. The van der Waals surface area contributed by atoms with Gasteiger partial charge >= 0.3 is 0 Å². The van der Waals surface area contributed by atoms with Crippen molar-refractivity contribution in [3.63, 3.8) is 0 Å². The predicted molar refractivity (Wildman–Crippen MR) is 155 cm³/mol. The fraction of sp³-hybridized carbons (Fsp3) is 0.382. The second-order valence-corrected chi connectivity index (χ2v) is 10.1. The molecular weight excluding hydrogens is 456 g/mol. The Bertz CT molecular complexity index is 1210. The van der Waals surface area contributed by atoms with E-state index in [1.165, 1.54) is 27.8 Å². The second-order valence-electron chi connectivity index (χ2n) is 10.1. The van der Waals surface area contributed by atoms with Gasteiger partial charge in [0, 0.05) is 5.41 Å². The Balaban J connectivity index is 1.95. The average molecular weight is 499 g/mol. The molecule has 0 aromatic heterocycles. The van der Waals surface area contributed by atoms with Crippen molar-refractivity contribution in [2.24, 2.45) is 0 Å². The molecule has 0 heterocycles. The first-order chi connectivity index (χ1) is 17.8. The third kappa shape index (κ3) is 6.22. The topological polar surface area (TPSA) is 46.5 Å². The van der Waals surface area contributed by atoms with Gasteiger partial charge in [0.05, 0.1) is 5.60 Å². The molecule has 37 heavy (non-hydrogen) atoms. The SMILES string of the molecule is CCC(O)(C=Cc1ccc(C(CC)(CC)c2ccc(-c3ccc(COC=O)cc3)c(C)c2)cc1C)CC. The Kier molecular flexibility index (Phi) is 9.50. The van der Waals surface area contributed by atoms with Crippen LogP contribution < -0.4 is 0 Å². The maximum atomic E-state index is 10.7. The highest BCUT2D eigenvalue weighted by Crippen LogP contribution is 2.41. The number of rotatable bonds is 12. The van der Waals surface area contributed by atoms with E-state index in [0.29, 0.717) is 25.9 Å². The van der Waals surface area contributed by atoms with E-state index in [0.717, 1.165) is 29.5 Å². The van der Waals surface area contributed by atoms with Crippen LogP contribution >= 0.6 is 0 Å². The molecule has 0 saturated heterocycles. The fourth-order valence-corrected chi connectivity index (χ4v) is 5.32. The quantitative estimate of drug-likeness (QED) is 0.255. The van der Waals surface area contributed by atoms with Crippen molar-refractivity contribution in [3.8, 4) is 11.1 Å². The van der Waals surface area contributed by atoms with Gasteiger partial charge in [-0.3, -0.25) is 4.79 Å². The first-order valence-electron chi connectivity index (χ1n) is 13.5. The van der Waals surface area contributed by atoms with Crippen LogP contribution in [0.25, 0.3) is 17.2 Å². The zero-order valence-electron chi connectivity index (χ0n) is 23.3. The van der Waals surface area contributed by atoms with E-state index in [1.807, 2.05) is 32.1 Å². The summed E-state index contributed by atoms with van der Waals surface area (Å²) < 4.78 is 4.87. The van der Waals surface area contributed by atoms with Gasteiger partial charge in [-0.15, -0.1) is 0 Å². The molecule has 0 aliphatic rings. The maximum absolute atomic E-state index is 10.7. The Morgan fingerprint density at radius 1 is 0.784 bits per heavy atom. The average Bonchev–Trinajstić information content (AvgIpc) is 2.92. The Morgan fingerprint density at radius 3 is 1.89 bits per heavy atom. The summed E-state index contributed by atoms with van der Waals surface area (Å²) in [5.41, 5.74) is 8.82. The lowest BCUT2D eigenvalue weighted by molar-refractivity contribution is -0.129. The molecule has 0 radical (unpaired) electrons. The highest BCUT2D eigenvalue weighted by Gasteiger charge is 2.31. The van der Waals surface area contributed by atoms with Gasteiger partial charge in [0.1, 0.15) is 6.61 Å². The molecule has 3 rings (SSSR count). The lowest BCUT2D eigenvalue weighted by Gasteiger charge is -2.34. The summed E-state index contributed by atoms with van der Waals surface area (Å²) in [5.74, 6) is 0. The maximum Gasteiger partial charge on any atom is 0.293 e. The predicted octanol–water partition coefficient (Wildman–Crippen LogP) is 8.31. The third-order valence-electron chi connectivity index (χ3n) is 8.19. The van der Waals surface area contributed by atoms with E-state index in [4.69, 9.17) is 4.74 Å².